The summed E-state index contributed by atoms with van der Waals surface area (Å²) in [6.07, 6.45) is 4.41. The van der Waals surface area contributed by atoms with Crippen molar-refractivity contribution < 1.29 is 9.13 Å². The monoisotopic (exact) mass is 238 g/mol. The molecule has 0 aromatic heterocycles. The molecule has 0 spiro atoms. The zero-order valence-corrected chi connectivity index (χ0v) is 10.1. The van der Waals surface area contributed by atoms with Crippen LogP contribution in [0.1, 0.15) is 32.6 Å². The molecule has 0 atom stereocenters. The quantitative estimate of drug-likeness (QED) is 0.775. The zero-order valence-electron chi connectivity index (χ0n) is 10.1. The van der Waals surface area contributed by atoms with Gasteiger partial charge in [0.05, 0.1) is 18.0 Å². The van der Waals surface area contributed by atoms with Crippen molar-refractivity contribution in [1.82, 2.24) is 0 Å². The molecule has 0 unspecified atom stereocenters. The van der Waals surface area contributed by atoms with Gasteiger partial charge in [-0.15, -0.1) is 0 Å². The van der Waals surface area contributed by atoms with Gasteiger partial charge in [0.2, 0.25) is 0 Å². The summed E-state index contributed by atoms with van der Waals surface area (Å²) in [7, 11) is 0. The molecule has 0 bridgehead atoms. The fraction of sp³-hybridized carbons (Fsp3) is 0.538. The van der Waals surface area contributed by atoms with Gasteiger partial charge in [-0.3, -0.25) is 0 Å². The molecule has 0 heterocycles. The highest BCUT2D eigenvalue weighted by Gasteiger charge is 2.19. The Morgan fingerprint density at radius 3 is 2.82 bits per heavy atom. The van der Waals surface area contributed by atoms with E-state index in [4.69, 9.17) is 10.5 Å². The molecule has 1 aromatic rings. The predicted molar refractivity (Wildman–Crippen MR) is 67.9 cm³/mol. The van der Waals surface area contributed by atoms with Gasteiger partial charge < -0.3 is 15.8 Å². The third-order valence-corrected chi connectivity index (χ3v) is 3.03. The maximum Gasteiger partial charge on any atom is 0.167 e. The van der Waals surface area contributed by atoms with Crippen LogP contribution in [0.5, 0.6) is 5.75 Å². The van der Waals surface area contributed by atoms with E-state index in [1.807, 2.05) is 6.92 Å². The number of hydrogen-bond acceptors (Lipinski definition) is 3. The summed E-state index contributed by atoms with van der Waals surface area (Å²) >= 11 is 0. The van der Waals surface area contributed by atoms with Crippen LogP contribution >= 0.6 is 0 Å². The van der Waals surface area contributed by atoms with E-state index in [0.717, 1.165) is 24.9 Å². The first-order chi connectivity index (χ1) is 8.20. The zero-order chi connectivity index (χ0) is 12.3. The second kappa shape index (κ2) is 5.25. The average Bonchev–Trinajstić information content (AvgIpc) is 2.24. The number of nitrogen functional groups attached to an aromatic ring is 1. The lowest BCUT2D eigenvalue weighted by Crippen LogP contribution is -2.27. The molecule has 17 heavy (non-hydrogen) atoms. The Bertz CT molecular complexity index is 391. The Labute approximate surface area is 101 Å². The SMILES string of the molecule is CCCOc1cc(NC2CCC2)c(N)cc1F. The van der Waals surface area contributed by atoms with Crippen LogP contribution in [0.4, 0.5) is 15.8 Å². The second-order valence-electron chi connectivity index (χ2n) is 4.49. The fourth-order valence-electron chi connectivity index (χ4n) is 1.79. The molecule has 1 aliphatic carbocycles. The molecule has 0 radical (unpaired) electrons. The van der Waals surface area contributed by atoms with Crippen molar-refractivity contribution in [2.24, 2.45) is 0 Å². The Balaban J connectivity index is 2.12. The number of anilines is 2. The van der Waals surface area contributed by atoms with Gasteiger partial charge >= 0.3 is 0 Å². The van der Waals surface area contributed by atoms with Gasteiger partial charge in [-0.1, -0.05) is 6.92 Å². The summed E-state index contributed by atoms with van der Waals surface area (Å²) in [5.74, 6) is -0.113. The summed E-state index contributed by atoms with van der Waals surface area (Å²) in [4.78, 5) is 0. The maximum absolute atomic E-state index is 13.6. The lowest BCUT2D eigenvalue weighted by atomic mass is 9.93. The van der Waals surface area contributed by atoms with Gasteiger partial charge in [-0.05, 0) is 25.7 Å². The summed E-state index contributed by atoms with van der Waals surface area (Å²) in [5, 5.41) is 3.32. The van der Waals surface area contributed by atoms with Crippen LogP contribution in [0, 0.1) is 5.82 Å². The van der Waals surface area contributed by atoms with Crippen LogP contribution < -0.4 is 15.8 Å². The Morgan fingerprint density at radius 1 is 1.47 bits per heavy atom. The highest BCUT2D eigenvalue weighted by atomic mass is 19.1. The number of benzene rings is 1. The molecule has 0 aliphatic heterocycles. The molecule has 4 heteroatoms. The van der Waals surface area contributed by atoms with Crippen molar-refractivity contribution in [3.05, 3.63) is 17.9 Å². The van der Waals surface area contributed by atoms with Crippen molar-refractivity contribution in [2.75, 3.05) is 17.7 Å². The Morgan fingerprint density at radius 2 is 2.24 bits per heavy atom. The second-order valence-corrected chi connectivity index (χ2v) is 4.49. The number of ether oxygens (including phenoxy) is 1. The van der Waals surface area contributed by atoms with Crippen LogP contribution in [-0.2, 0) is 0 Å². The first kappa shape index (κ1) is 12.0. The topological polar surface area (TPSA) is 47.3 Å². The number of rotatable bonds is 5. The van der Waals surface area contributed by atoms with Crippen LogP contribution in [0.3, 0.4) is 0 Å². The van der Waals surface area contributed by atoms with Crippen LogP contribution in [0.25, 0.3) is 0 Å². The summed E-state index contributed by atoms with van der Waals surface area (Å²) in [5.41, 5.74) is 7.01. The van der Waals surface area contributed by atoms with E-state index in [1.54, 1.807) is 6.07 Å². The van der Waals surface area contributed by atoms with Gasteiger partial charge in [0.25, 0.3) is 0 Å². The molecule has 2 rings (SSSR count). The van der Waals surface area contributed by atoms with Crippen molar-refractivity contribution in [2.45, 2.75) is 38.6 Å². The number of nitrogens with two attached hydrogens (primary N) is 1. The molecule has 1 saturated carbocycles. The van der Waals surface area contributed by atoms with E-state index in [1.165, 1.54) is 12.5 Å². The van der Waals surface area contributed by atoms with Crippen LogP contribution in [-0.4, -0.2) is 12.6 Å². The van der Waals surface area contributed by atoms with Crippen LogP contribution in [0.2, 0.25) is 0 Å². The molecule has 0 saturated heterocycles. The molecule has 0 amide bonds. The minimum Gasteiger partial charge on any atom is -0.490 e. The molecule has 94 valence electrons. The lowest BCUT2D eigenvalue weighted by Gasteiger charge is -2.28. The van der Waals surface area contributed by atoms with E-state index < -0.39 is 5.82 Å². The van der Waals surface area contributed by atoms with E-state index in [-0.39, 0.29) is 5.75 Å². The standard InChI is InChI=1S/C13H19FN2O/c1-2-6-17-13-8-12(11(15)7-10(13)14)16-9-4-3-5-9/h7-9,16H,2-6,15H2,1H3. The highest BCUT2D eigenvalue weighted by Crippen LogP contribution is 2.31. The smallest absolute Gasteiger partial charge is 0.167 e. The van der Waals surface area contributed by atoms with Gasteiger partial charge in [0.15, 0.2) is 11.6 Å². The Kier molecular flexibility index (Phi) is 3.71. The molecular formula is C13H19FN2O. The largest absolute Gasteiger partial charge is 0.490 e. The molecule has 1 aliphatic rings. The van der Waals surface area contributed by atoms with Gasteiger partial charge in [0.1, 0.15) is 0 Å². The van der Waals surface area contributed by atoms with Gasteiger partial charge in [-0.25, -0.2) is 4.39 Å². The fourth-order valence-corrected chi connectivity index (χ4v) is 1.79. The van der Waals surface area contributed by atoms with E-state index in [0.29, 0.717) is 18.3 Å². The third kappa shape index (κ3) is 2.81. The molecule has 1 fully saturated rings. The first-order valence-corrected chi connectivity index (χ1v) is 6.19. The molecular weight excluding hydrogens is 219 g/mol. The van der Waals surface area contributed by atoms with Crippen molar-refractivity contribution in [1.29, 1.82) is 0 Å². The molecule has 3 N–H and O–H groups in total. The minimum absolute atomic E-state index is 0.280. The highest BCUT2D eigenvalue weighted by molar-refractivity contribution is 5.69. The number of nitrogens with one attached hydrogen (secondary N) is 1. The normalized spacial score (nSPS) is 15.4. The van der Waals surface area contributed by atoms with Gasteiger partial charge in [0, 0.05) is 18.2 Å². The van der Waals surface area contributed by atoms with Crippen molar-refractivity contribution >= 4 is 11.4 Å². The number of halogens is 1. The van der Waals surface area contributed by atoms with E-state index in [9.17, 15) is 4.39 Å². The number of hydrogen-bond donors (Lipinski definition) is 2. The lowest BCUT2D eigenvalue weighted by molar-refractivity contribution is 0.301. The Hall–Kier alpha value is -1.45. The molecule has 1 aromatic carbocycles. The minimum atomic E-state index is -0.393. The first-order valence-electron chi connectivity index (χ1n) is 6.19. The predicted octanol–water partition coefficient (Wildman–Crippen LogP) is 3.16. The summed E-state index contributed by atoms with van der Waals surface area (Å²) in [6.45, 7) is 2.51. The van der Waals surface area contributed by atoms with Crippen LogP contribution in [0.15, 0.2) is 12.1 Å². The maximum atomic E-state index is 13.6. The third-order valence-electron chi connectivity index (χ3n) is 3.03. The van der Waals surface area contributed by atoms with Gasteiger partial charge in [-0.2, -0.15) is 0 Å². The van der Waals surface area contributed by atoms with Crippen molar-refractivity contribution in [3.63, 3.8) is 0 Å². The summed E-state index contributed by atoms with van der Waals surface area (Å²) < 4.78 is 18.9. The van der Waals surface area contributed by atoms with Crippen molar-refractivity contribution in [3.8, 4) is 5.75 Å². The van der Waals surface area contributed by atoms with E-state index in [2.05, 4.69) is 5.32 Å². The van der Waals surface area contributed by atoms with E-state index >= 15 is 0 Å². The average molecular weight is 238 g/mol. The molecule has 3 nitrogen and oxygen atoms in total. The summed E-state index contributed by atoms with van der Waals surface area (Å²) in [6, 6.07) is 3.46.